The van der Waals surface area contributed by atoms with Crippen LogP contribution < -0.4 is 16.0 Å². The number of amides is 2. The molecule has 3 N–H and O–H groups in total. The van der Waals surface area contributed by atoms with Crippen molar-refractivity contribution in [2.45, 2.75) is 126 Å². The molecule has 5 aliphatic carbocycles. The molecule has 0 bridgehead atoms. The van der Waals surface area contributed by atoms with Crippen LogP contribution in [0.15, 0.2) is 35.9 Å². The van der Waals surface area contributed by atoms with Crippen LogP contribution in [0.2, 0.25) is 0 Å². The molecule has 4 saturated carbocycles. The zero-order valence-electron chi connectivity index (χ0n) is 36.8. The molecule has 1 aliphatic heterocycles. The van der Waals surface area contributed by atoms with Gasteiger partial charge in [-0.25, -0.2) is 9.59 Å². The van der Waals surface area contributed by atoms with E-state index in [4.69, 9.17) is 9.47 Å². The van der Waals surface area contributed by atoms with E-state index in [0.717, 1.165) is 103 Å². The van der Waals surface area contributed by atoms with E-state index in [1.54, 1.807) is 29.8 Å². The van der Waals surface area contributed by atoms with E-state index in [0.29, 0.717) is 17.7 Å². The zero-order chi connectivity index (χ0) is 41.7. The Balaban J connectivity index is 1.09. The maximum atomic E-state index is 14.5. The van der Waals surface area contributed by atoms with Gasteiger partial charge in [-0.15, -0.1) is 0 Å². The fraction of sp³-hybridized carbons (Fsp3) is 0.750. The van der Waals surface area contributed by atoms with Gasteiger partial charge in [-0.05, 0) is 116 Å². The van der Waals surface area contributed by atoms with Crippen LogP contribution in [-0.2, 0) is 19.1 Å². The minimum Gasteiger partial charge on any atom is -0.460 e. The molecule has 6 aliphatic rings. The molecule has 1 aromatic rings. The van der Waals surface area contributed by atoms with Crippen LogP contribution in [0.3, 0.4) is 0 Å². The number of allylic oxidation sites excluding steroid dienone is 2. The minimum absolute atomic E-state index is 0.0136. The molecule has 10 nitrogen and oxygen atoms in total. The zero-order valence-corrected chi connectivity index (χ0v) is 36.8. The topological polar surface area (TPSA) is 126 Å². The molecular weight excluding hydrogens is 729 g/mol. The van der Waals surface area contributed by atoms with E-state index in [-0.39, 0.29) is 74.7 Å². The first-order valence-corrected chi connectivity index (χ1v) is 22.5. The molecule has 0 radical (unpaired) electrons. The average Bonchev–Trinajstić information content (AvgIpc) is 3.18. The third-order valence-electron chi connectivity index (χ3n) is 17.3. The van der Waals surface area contributed by atoms with Crippen molar-refractivity contribution in [3.63, 3.8) is 0 Å². The number of carbonyl (C=O) groups excluding carboxylic acids is 4. The predicted octanol–water partition coefficient (Wildman–Crippen LogP) is 7.33. The highest BCUT2D eigenvalue weighted by Gasteiger charge is 2.69. The molecule has 8 atom stereocenters. The van der Waals surface area contributed by atoms with Crippen LogP contribution in [0.5, 0.6) is 0 Å². The van der Waals surface area contributed by atoms with Gasteiger partial charge in [0.25, 0.3) is 0 Å². The van der Waals surface area contributed by atoms with E-state index in [2.05, 4.69) is 75.4 Å². The Morgan fingerprint density at radius 3 is 2.21 bits per heavy atom. The highest BCUT2D eigenvalue weighted by molar-refractivity contribution is 6.03. The van der Waals surface area contributed by atoms with Crippen LogP contribution in [0, 0.1) is 50.2 Å². The Bertz CT molecular complexity index is 1780. The van der Waals surface area contributed by atoms with Crippen LogP contribution in [-0.4, -0.2) is 87.2 Å². The Hall–Kier alpha value is -3.24. The van der Waals surface area contributed by atoms with Gasteiger partial charge in [0.2, 0.25) is 11.8 Å². The van der Waals surface area contributed by atoms with Gasteiger partial charge in [-0.1, -0.05) is 72.2 Å². The van der Waals surface area contributed by atoms with Crippen LogP contribution in [0.4, 0.5) is 0 Å². The summed E-state index contributed by atoms with van der Waals surface area (Å²) in [6.45, 7) is 24.5. The summed E-state index contributed by atoms with van der Waals surface area (Å²) in [4.78, 5) is 55.2. The molecule has 320 valence electrons. The highest BCUT2D eigenvalue weighted by atomic mass is 16.5. The first kappa shape index (κ1) is 42.9. The lowest BCUT2D eigenvalue weighted by Gasteiger charge is -2.71. The number of rotatable bonds is 10. The van der Waals surface area contributed by atoms with Gasteiger partial charge < -0.3 is 25.4 Å². The Morgan fingerprint density at radius 2 is 1.50 bits per heavy atom. The summed E-state index contributed by atoms with van der Waals surface area (Å²) in [7, 11) is 0. The second-order valence-electron chi connectivity index (χ2n) is 21.1. The number of benzene rings is 1. The number of hydrogen-bond acceptors (Lipinski definition) is 8. The van der Waals surface area contributed by atoms with Gasteiger partial charge in [0, 0.05) is 51.6 Å². The SMILES string of the molecule is CC(=O)NCCOC(=O)c1ccccc1C(=O)O[C@H]1CC[C@]2(C)C3CC=C4[C@@H]5CC(C)(C)CC[C@]5(C(=O)NCCN5CCNCC5)CC[C@@]4(C)[C@]3(C)CC[C@H]2C1(C)C. The first-order chi connectivity index (χ1) is 27.4. The normalized spacial score (nSPS) is 36.4. The second-order valence-corrected chi connectivity index (χ2v) is 21.1. The summed E-state index contributed by atoms with van der Waals surface area (Å²) in [5, 5.41) is 9.55. The lowest BCUT2D eigenvalue weighted by Crippen LogP contribution is -2.65. The van der Waals surface area contributed by atoms with Gasteiger partial charge in [0.05, 0.1) is 23.1 Å². The van der Waals surface area contributed by atoms with Crippen molar-refractivity contribution in [2.75, 3.05) is 52.4 Å². The quantitative estimate of drug-likeness (QED) is 0.128. The first-order valence-electron chi connectivity index (χ1n) is 22.5. The number of carbonyl (C=O) groups is 4. The summed E-state index contributed by atoms with van der Waals surface area (Å²) in [5.74, 6) is 0.0921. The van der Waals surface area contributed by atoms with Gasteiger partial charge >= 0.3 is 11.9 Å². The second kappa shape index (κ2) is 16.0. The number of esters is 2. The van der Waals surface area contributed by atoms with Crippen molar-refractivity contribution in [3.8, 4) is 0 Å². The summed E-state index contributed by atoms with van der Waals surface area (Å²) in [6, 6.07) is 6.69. The van der Waals surface area contributed by atoms with Crippen molar-refractivity contribution < 1.29 is 28.7 Å². The highest BCUT2D eigenvalue weighted by Crippen LogP contribution is 2.76. The monoisotopic (exact) mass is 801 g/mol. The third kappa shape index (κ3) is 7.45. The summed E-state index contributed by atoms with van der Waals surface area (Å²) in [6.07, 6.45) is 12.4. The van der Waals surface area contributed by atoms with E-state index < -0.39 is 11.9 Å². The number of nitrogens with one attached hydrogen (secondary N) is 3. The molecule has 2 amide bonds. The predicted molar refractivity (Wildman–Crippen MR) is 226 cm³/mol. The van der Waals surface area contributed by atoms with Crippen LogP contribution >= 0.6 is 0 Å². The average molecular weight is 801 g/mol. The lowest BCUT2D eigenvalue weighted by molar-refractivity contribution is -0.204. The third-order valence-corrected chi connectivity index (χ3v) is 17.3. The number of piperazine rings is 1. The number of nitrogens with zero attached hydrogens (tertiary/aromatic N) is 1. The molecule has 1 unspecified atom stereocenters. The van der Waals surface area contributed by atoms with Gasteiger partial charge in [-0.2, -0.15) is 0 Å². The Labute approximate surface area is 347 Å². The van der Waals surface area contributed by atoms with E-state index in [1.165, 1.54) is 6.92 Å². The van der Waals surface area contributed by atoms with Crippen LogP contribution in [0.1, 0.15) is 140 Å². The lowest BCUT2D eigenvalue weighted by atomic mass is 9.33. The Kier molecular flexibility index (Phi) is 11.8. The van der Waals surface area contributed by atoms with Gasteiger partial charge in [0.1, 0.15) is 12.7 Å². The maximum Gasteiger partial charge on any atom is 0.339 e. The van der Waals surface area contributed by atoms with Crippen molar-refractivity contribution in [3.05, 3.63) is 47.0 Å². The molecule has 5 fully saturated rings. The molecule has 58 heavy (non-hydrogen) atoms. The largest absolute Gasteiger partial charge is 0.460 e. The van der Waals surface area contributed by atoms with Crippen LogP contribution in [0.25, 0.3) is 0 Å². The number of ether oxygens (including phenoxy) is 2. The summed E-state index contributed by atoms with van der Waals surface area (Å²) in [5.41, 5.74) is 1.71. The van der Waals surface area contributed by atoms with Crippen molar-refractivity contribution >= 4 is 23.8 Å². The molecule has 10 heteroatoms. The fourth-order valence-electron chi connectivity index (χ4n) is 13.8. The number of hydrogen-bond donors (Lipinski definition) is 3. The van der Waals surface area contributed by atoms with Crippen molar-refractivity contribution in [1.29, 1.82) is 0 Å². The van der Waals surface area contributed by atoms with Gasteiger partial charge in [0.15, 0.2) is 0 Å². The molecule has 1 saturated heterocycles. The maximum absolute atomic E-state index is 14.5. The van der Waals surface area contributed by atoms with Gasteiger partial charge in [-0.3, -0.25) is 14.5 Å². The Morgan fingerprint density at radius 1 is 0.810 bits per heavy atom. The molecule has 0 spiro atoms. The molecule has 1 aromatic carbocycles. The van der Waals surface area contributed by atoms with Crippen molar-refractivity contribution in [2.24, 2.45) is 50.2 Å². The molecule has 7 rings (SSSR count). The standard InChI is InChI=1S/C48H72N4O6/c1-32(53)50-26-30-57-40(54)33-11-9-10-12-34(33)41(55)58-39-16-17-45(6)37(44(39,4)5)15-18-47(8)38(45)14-13-35-36-31-43(2,3)19-21-48(36,22-20-46(35,47)7)42(56)51-25-29-52-27-23-49-24-28-52/h9-13,36-39,49H,14-31H2,1-8H3,(H,50,53)(H,51,56)/t36-,37-,38?,39-,45-,46+,47+,48-/m0/s1. The molecule has 0 aromatic heterocycles. The smallest absolute Gasteiger partial charge is 0.339 e. The van der Waals surface area contributed by atoms with Crippen molar-refractivity contribution in [1.82, 2.24) is 20.9 Å². The minimum atomic E-state index is -0.610. The number of fused-ring (bicyclic) bond motifs is 7. The molecule has 1 heterocycles. The van der Waals surface area contributed by atoms with E-state index >= 15 is 0 Å². The van der Waals surface area contributed by atoms with E-state index in [1.807, 2.05) is 0 Å². The van der Waals surface area contributed by atoms with E-state index in [9.17, 15) is 19.2 Å². The summed E-state index contributed by atoms with van der Waals surface area (Å²) < 4.78 is 11.8. The molecular formula is C48H72N4O6. The fourth-order valence-corrected chi connectivity index (χ4v) is 13.8. The summed E-state index contributed by atoms with van der Waals surface area (Å²) >= 11 is 0.